The average Bonchev–Trinajstić information content (AvgIpc) is 2.56. The van der Waals surface area contributed by atoms with Crippen LogP contribution in [-0.2, 0) is 16.0 Å². The minimum atomic E-state index is -0.270. The second-order valence-electron chi connectivity index (χ2n) is 5.99. The van der Waals surface area contributed by atoms with Gasteiger partial charge < -0.3 is 10.2 Å². The molecule has 2 amide bonds. The van der Waals surface area contributed by atoms with Gasteiger partial charge in [0.05, 0.1) is 0 Å². The van der Waals surface area contributed by atoms with Crippen molar-refractivity contribution in [1.29, 1.82) is 0 Å². The standard InChI is InChI=1S/C20H23FN2O2/c1-15-4-3-5-19(14-15)23(16(2)24)13-11-20(25)22-12-10-17-6-8-18(21)9-7-17/h3-9,14H,10-13H2,1-2H3,(H,22,25). The number of carbonyl (C=O) groups is 2. The van der Waals surface area contributed by atoms with E-state index in [1.807, 2.05) is 31.2 Å². The van der Waals surface area contributed by atoms with Gasteiger partial charge in [0.15, 0.2) is 0 Å². The van der Waals surface area contributed by atoms with Gasteiger partial charge in [0, 0.05) is 32.1 Å². The first kappa shape index (κ1) is 18.6. The second-order valence-corrected chi connectivity index (χ2v) is 5.99. The highest BCUT2D eigenvalue weighted by Crippen LogP contribution is 2.16. The van der Waals surface area contributed by atoms with E-state index < -0.39 is 0 Å². The molecule has 2 rings (SSSR count). The second kappa shape index (κ2) is 8.97. The Labute approximate surface area is 147 Å². The van der Waals surface area contributed by atoms with E-state index in [1.54, 1.807) is 17.0 Å². The van der Waals surface area contributed by atoms with Crippen LogP contribution in [0, 0.1) is 12.7 Å². The van der Waals surface area contributed by atoms with Crippen LogP contribution in [0.2, 0.25) is 0 Å². The number of rotatable bonds is 7. The van der Waals surface area contributed by atoms with Crippen LogP contribution >= 0.6 is 0 Å². The van der Waals surface area contributed by atoms with E-state index in [0.29, 0.717) is 19.5 Å². The third kappa shape index (κ3) is 6.03. The number of amides is 2. The van der Waals surface area contributed by atoms with Crippen LogP contribution < -0.4 is 10.2 Å². The fourth-order valence-corrected chi connectivity index (χ4v) is 2.56. The summed E-state index contributed by atoms with van der Waals surface area (Å²) in [6.45, 7) is 4.27. The van der Waals surface area contributed by atoms with Gasteiger partial charge in [-0.15, -0.1) is 0 Å². The molecule has 0 spiro atoms. The third-order valence-electron chi connectivity index (χ3n) is 3.91. The minimum Gasteiger partial charge on any atom is -0.356 e. The molecular weight excluding hydrogens is 319 g/mol. The van der Waals surface area contributed by atoms with Crippen LogP contribution in [0.1, 0.15) is 24.5 Å². The molecule has 5 heteroatoms. The third-order valence-corrected chi connectivity index (χ3v) is 3.91. The smallest absolute Gasteiger partial charge is 0.223 e. The van der Waals surface area contributed by atoms with Gasteiger partial charge in [0.2, 0.25) is 11.8 Å². The van der Waals surface area contributed by atoms with E-state index in [1.165, 1.54) is 19.1 Å². The number of hydrogen-bond donors (Lipinski definition) is 1. The van der Waals surface area contributed by atoms with Gasteiger partial charge in [-0.05, 0) is 48.7 Å². The van der Waals surface area contributed by atoms with Gasteiger partial charge >= 0.3 is 0 Å². The zero-order valence-electron chi connectivity index (χ0n) is 14.6. The van der Waals surface area contributed by atoms with Gasteiger partial charge in [0.25, 0.3) is 0 Å². The Morgan fingerprint density at radius 2 is 1.84 bits per heavy atom. The van der Waals surface area contributed by atoms with Crippen molar-refractivity contribution in [1.82, 2.24) is 5.32 Å². The highest BCUT2D eigenvalue weighted by Gasteiger charge is 2.13. The highest BCUT2D eigenvalue weighted by molar-refractivity contribution is 5.92. The number of carbonyl (C=O) groups excluding carboxylic acids is 2. The van der Waals surface area contributed by atoms with Gasteiger partial charge in [-0.25, -0.2) is 4.39 Å². The largest absolute Gasteiger partial charge is 0.356 e. The summed E-state index contributed by atoms with van der Waals surface area (Å²) >= 11 is 0. The Morgan fingerprint density at radius 3 is 2.48 bits per heavy atom. The number of hydrogen-bond acceptors (Lipinski definition) is 2. The van der Waals surface area contributed by atoms with Crippen LogP contribution in [0.15, 0.2) is 48.5 Å². The van der Waals surface area contributed by atoms with Gasteiger partial charge in [-0.2, -0.15) is 0 Å². The van der Waals surface area contributed by atoms with E-state index >= 15 is 0 Å². The Bertz CT molecular complexity index is 729. The number of anilines is 1. The normalized spacial score (nSPS) is 10.4. The molecule has 0 atom stereocenters. The number of nitrogens with zero attached hydrogens (tertiary/aromatic N) is 1. The first-order chi connectivity index (χ1) is 12.0. The molecule has 4 nitrogen and oxygen atoms in total. The molecule has 0 radical (unpaired) electrons. The summed E-state index contributed by atoms with van der Waals surface area (Å²) in [7, 11) is 0. The molecular formula is C20H23FN2O2. The van der Waals surface area contributed by atoms with Crippen LogP contribution in [0.5, 0.6) is 0 Å². The molecule has 0 fully saturated rings. The Hall–Kier alpha value is -2.69. The fraction of sp³-hybridized carbons (Fsp3) is 0.300. The van der Waals surface area contributed by atoms with E-state index in [-0.39, 0.29) is 24.1 Å². The number of nitrogens with one attached hydrogen (secondary N) is 1. The van der Waals surface area contributed by atoms with Crippen molar-refractivity contribution in [3.63, 3.8) is 0 Å². The van der Waals surface area contributed by atoms with Gasteiger partial charge in [-0.3, -0.25) is 9.59 Å². The van der Waals surface area contributed by atoms with Crippen LogP contribution in [0.4, 0.5) is 10.1 Å². The van der Waals surface area contributed by atoms with Gasteiger partial charge in [0.1, 0.15) is 5.82 Å². The quantitative estimate of drug-likeness (QED) is 0.840. The number of benzene rings is 2. The number of aryl methyl sites for hydroxylation is 1. The van der Waals surface area contributed by atoms with Crippen LogP contribution in [0.3, 0.4) is 0 Å². The van der Waals surface area contributed by atoms with E-state index in [4.69, 9.17) is 0 Å². The summed E-state index contributed by atoms with van der Waals surface area (Å²) in [6.07, 6.45) is 0.872. The predicted molar refractivity (Wildman–Crippen MR) is 96.9 cm³/mol. The molecule has 2 aromatic carbocycles. The maximum absolute atomic E-state index is 12.8. The molecule has 0 unspecified atom stereocenters. The molecule has 0 heterocycles. The van der Waals surface area contributed by atoms with Gasteiger partial charge in [-0.1, -0.05) is 24.3 Å². The van der Waals surface area contributed by atoms with Crippen molar-refractivity contribution in [3.8, 4) is 0 Å². The number of halogens is 1. The Morgan fingerprint density at radius 1 is 1.12 bits per heavy atom. The zero-order chi connectivity index (χ0) is 18.2. The summed E-state index contributed by atoms with van der Waals surface area (Å²) in [5, 5.41) is 2.83. The lowest BCUT2D eigenvalue weighted by molar-refractivity contribution is -0.121. The molecule has 0 aromatic heterocycles. The lowest BCUT2D eigenvalue weighted by atomic mass is 10.1. The molecule has 25 heavy (non-hydrogen) atoms. The summed E-state index contributed by atoms with van der Waals surface area (Å²) < 4.78 is 12.8. The Balaban J connectivity index is 1.81. The topological polar surface area (TPSA) is 49.4 Å². The first-order valence-electron chi connectivity index (χ1n) is 8.31. The van der Waals surface area contributed by atoms with E-state index in [2.05, 4.69) is 5.32 Å². The summed E-state index contributed by atoms with van der Waals surface area (Å²) in [4.78, 5) is 25.5. The summed E-state index contributed by atoms with van der Waals surface area (Å²) in [5.74, 6) is -0.473. The molecule has 0 aliphatic rings. The molecule has 132 valence electrons. The predicted octanol–water partition coefficient (Wildman–Crippen LogP) is 3.24. The molecule has 0 bridgehead atoms. The van der Waals surface area contributed by atoms with E-state index in [9.17, 15) is 14.0 Å². The van der Waals surface area contributed by atoms with Crippen molar-refractivity contribution >= 4 is 17.5 Å². The van der Waals surface area contributed by atoms with Crippen molar-refractivity contribution in [2.75, 3.05) is 18.0 Å². The van der Waals surface area contributed by atoms with E-state index in [0.717, 1.165) is 16.8 Å². The monoisotopic (exact) mass is 342 g/mol. The molecule has 0 saturated carbocycles. The molecule has 0 aliphatic heterocycles. The molecule has 0 saturated heterocycles. The highest BCUT2D eigenvalue weighted by atomic mass is 19.1. The molecule has 0 aliphatic carbocycles. The molecule has 1 N–H and O–H groups in total. The maximum atomic E-state index is 12.8. The summed E-state index contributed by atoms with van der Waals surface area (Å²) in [6, 6.07) is 13.9. The fourth-order valence-electron chi connectivity index (χ4n) is 2.56. The van der Waals surface area contributed by atoms with Crippen LogP contribution in [-0.4, -0.2) is 24.9 Å². The van der Waals surface area contributed by atoms with Crippen molar-refractivity contribution in [2.45, 2.75) is 26.7 Å². The lowest BCUT2D eigenvalue weighted by Crippen LogP contribution is -2.34. The SMILES string of the molecule is CC(=O)N(CCC(=O)NCCc1ccc(F)cc1)c1cccc(C)c1. The molecule has 2 aromatic rings. The zero-order valence-corrected chi connectivity index (χ0v) is 14.6. The Kier molecular flexibility index (Phi) is 6.69. The van der Waals surface area contributed by atoms with Crippen molar-refractivity contribution < 1.29 is 14.0 Å². The van der Waals surface area contributed by atoms with Crippen molar-refractivity contribution in [2.24, 2.45) is 0 Å². The first-order valence-corrected chi connectivity index (χ1v) is 8.31. The average molecular weight is 342 g/mol. The van der Waals surface area contributed by atoms with Crippen molar-refractivity contribution in [3.05, 3.63) is 65.5 Å². The van der Waals surface area contributed by atoms with Crippen LogP contribution in [0.25, 0.3) is 0 Å². The lowest BCUT2D eigenvalue weighted by Gasteiger charge is -2.21. The maximum Gasteiger partial charge on any atom is 0.223 e. The summed E-state index contributed by atoms with van der Waals surface area (Å²) in [5.41, 5.74) is 2.82. The minimum absolute atomic E-state index is 0.0929.